The average molecular weight is 467 g/mol. The molecule has 0 radical (unpaired) electrons. The van der Waals surface area contributed by atoms with E-state index in [0.29, 0.717) is 0 Å². The summed E-state index contributed by atoms with van der Waals surface area (Å²) < 4.78 is 0. The first-order valence-corrected chi connectivity index (χ1v) is 10.1. The smallest absolute Gasteiger partial charge is 0.193 e. The summed E-state index contributed by atoms with van der Waals surface area (Å²) in [4.78, 5) is 12.3. The third-order valence-corrected chi connectivity index (χ3v) is 4.97. The molecule has 6 heteroatoms. The highest BCUT2D eigenvalue weighted by Gasteiger charge is 2.25. The van der Waals surface area contributed by atoms with Crippen molar-refractivity contribution in [1.29, 1.82) is 0 Å². The van der Waals surface area contributed by atoms with Crippen molar-refractivity contribution in [2.75, 3.05) is 66.0 Å². The van der Waals surface area contributed by atoms with E-state index in [4.69, 9.17) is 4.99 Å². The third-order valence-electron chi connectivity index (χ3n) is 4.97. The predicted molar refractivity (Wildman–Crippen MR) is 121 cm³/mol. The van der Waals surface area contributed by atoms with Gasteiger partial charge in [-0.15, -0.1) is 24.0 Å². The van der Waals surface area contributed by atoms with Gasteiger partial charge in [0.25, 0.3) is 0 Å². The van der Waals surface area contributed by atoms with Gasteiger partial charge in [-0.2, -0.15) is 0 Å². The molecule has 1 unspecified atom stereocenters. The Kier molecular flexibility index (Phi) is 15.0. The summed E-state index contributed by atoms with van der Waals surface area (Å²) in [6.45, 7) is 18.8. The molecule has 0 saturated carbocycles. The van der Waals surface area contributed by atoms with Crippen LogP contribution in [-0.2, 0) is 0 Å². The molecular weight excluding hydrogens is 425 g/mol. The summed E-state index contributed by atoms with van der Waals surface area (Å²) >= 11 is 0. The van der Waals surface area contributed by atoms with Crippen LogP contribution in [0.1, 0.15) is 47.0 Å². The highest BCUT2D eigenvalue weighted by molar-refractivity contribution is 14.0. The summed E-state index contributed by atoms with van der Waals surface area (Å²) in [6.07, 6.45) is 3.83. The lowest BCUT2D eigenvalue weighted by molar-refractivity contribution is 0.255. The molecule has 0 spiro atoms. The molecule has 0 aromatic carbocycles. The van der Waals surface area contributed by atoms with Crippen LogP contribution in [-0.4, -0.2) is 86.6 Å². The van der Waals surface area contributed by atoms with Crippen LogP contribution in [0.5, 0.6) is 0 Å². The van der Waals surface area contributed by atoms with E-state index in [1.54, 1.807) is 0 Å². The number of aliphatic imine (C=N–C) groups is 1. The fourth-order valence-electron chi connectivity index (χ4n) is 3.31. The Morgan fingerprint density at radius 1 is 1.16 bits per heavy atom. The fourth-order valence-corrected chi connectivity index (χ4v) is 3.31. The second kappa shape index (κ2) is 15.0. The number of unbranched alkanes of at least 4 members (excludes halogenated alkanes) is 1. The average Bonchev–Trinajstić information content (AvgIpc) is 3.05. The van der Waals surface area contributed by atoms with Crippen molar-refractivity contribution in [2.24, 2.45) is 10.9 Å². The number of likely N-dealkylation sites (N-methyl/N-ethyl adjacent to an activating group) is 1. The van der Waals surface area contributed by atoms with E-state index in [1.807, 2.05) is 0 Å². The highest BCUT2D eigenvalue weighted by Crippen LogP contribution is 2.17. The maximum absolute atomic E-state index is 4.87. The van der Waals surface area contributed by atoms with Crippen LogP contribution >= 0.6 is 24.0 Å². The number of likely N-dealkylation sites (tertiary alicyclic amines) is 1. The van der Waals surface area contributed by atoms with E-state index in [0.717, 1.165) is 57.7 Å². The van der Waals surface area contributed by atoms with Crippen LogP contribution in [0.4, 0.5) is 0 Å². The largest absolute Gasteiger partial charge is 0.357 e. The van der Waals surface area contributed by atoms with Gasteiger partial charge in [-0.05, 0) is 52.4 Å². The maximum atomic E-state index is 4.87. The molecule has 1 heterocycles. The number of halogens is 1. The van der Waals surface area contributed by atoms with Gasteiger partial charge in [0.05, 0.1) is 6.54 Å². The molecule has 5 nitrogen and oxygen atoms in total. The Morgan fingerprint density at radius 2 is 1.88 bits per heavy atom. The number of rotatable bonds is 11. The van der Waals surface area contributed by atoms with Crippen molar-refractivity contribution in [1.82, 2.24) is 20.0 Å². The number of guanidine groups is 1. The first-order valence-electron chi connectivity index (χ1n) is 10.1. The Bertz CT molecular complexity index is 347. The van der Waals surface area contributed by atoms with Gasteiger partial charge in [0.15, 0.2) is 5.96 Å². The molecule has 1 rings (SSSR count). The molecular formula is C19H42IN5. The zero-order chi connectivity index (χ0) is 17.8. The third kappa shape index (κ3) is 9.99. The summed E-state index contributed by atoms with van der Waals surface area (Å²) in [6, 6.07) is 0. The molecule has 150 valence electrons. The van der Waals surface area contributed by atoms with Crippen LogP contribution in [0.15, 0.2) is 4.99 Å². The Hall–Kier alpha value is -0.0800. The molecule has 0 bridgehead atoms. The second-order valence-electron chi connectivity index (χ2n) is 6.98. The van der Waals surface area contributed by atoms with Crippen LogP contribution < -0.4 is 5.32 Å². The van der Waals surface area contributed by atoms with Crippen molar-refractivity contribution in [2.45, 2.75) is 47.0 Å². The van der Waals surface area contributed by atoms with Gasteiger partial charge in [0.2, 0.25) is 0 Å². The molecule has 25 heavy (non-hydrogen) atoms. The fraction of sp³-hybridized carbons (Fsp3) is 0.947. The molecule has 1 atom stereocenters. The van der Waals surface area contributed by atoms with E-state index >= 15 is 0 Å². The van der Waals surface area contributed by atoms with Crippen LogP contribution in [0.2, 0.25) is 0 Å². The minimum absolute atomic E-state index is 0. The van der Waals surface area contributed by atoms with E-state index in [-0.39, 0.29) is 24.0 Å². The number of nitrogens with one attached hydrogen (secondary N) is 1. The molecule has 1 N–H and O–H groups in total. The number of nitrogens with zero attached hydrogens (tertiary/aromatic N) is 4. The SMILES string of the molecule is CCCCN(C)CCN=C(NCC)N1CCC(CN(CC)CC)C1.I. The molecule has 0 aliphatic carbocycles. The van der Waals surface area contributed by atoms with Gasteiger partial charge in [-0.25, -0.2) is 0 Å². The lowest BCUT2D eigenvalue weighted by atomic mass is 10.1. The molecule has 1 fully saturated rings. The van der Waals surface area contributed by atoms with Gasteiger partial charge in [-0.1, -0.05) is 27.2 Å². The zero-order valence-corrected chi connectivity index (χ0v) is 19.6. The lowest BCUT2D eigenvalue weighted by Gasteiger charge is -2.24. The topological polar surface area (TPSA) is 34.1 Å². The molecule has 0 aromatic rings. The van der Waals surface area contributed by atoms with Gasteiger partial charge in [0.1, 0.15) is 0 Å². The van der Waals surface area contributed by atoms with Gasteiger partial charge >= 0.3 is 0 Å². The minimum Gasteiger partial charge on any atom is -0.357 e. The minimum atomic E-state index is 0. The Labute approximate surface area is 173 Å². The summed E-state index contributed by atoms with van der Waals surface area (Å²) in [5, 5.41) is 3.49. The van der Waals surface area contributed by atoms with E-state index in [1.165, 1.54) is 32.4 Å². The first-order chi connectivity index (χ1) is 11.6. The summed E-state index contributed by atoms with van der Waals surface area (Å²) in [7, 11) is 2.20. The highest BCUT2D eigenvalue weighted by atomic mass is 127. The van der Waals surface area contributed by atoms with Gasteiger partial charge < -0.3 is 20.0 Å². The van der Waals surface area contributed by atoms with E-state index < -0.39 is 0 Å². The monoisotopic (exact) mass is 467 g/mol. The standard InChI is InChI=1S/C19H41N5.HI/c1-6-10-13-22(5)15-12-21-19(20-7-2)24-14-11-18(17-24)16-23(8-3)9-4;/h18H,6-17H2,1-5H3,(H,20,21);1H. The van der Waals surface area contributed by atoms with Crippen LogP contribution in [0.25, 0.3) is 0 Å². The molecule has 1 aliphatic rings. The first kappa shape index (κ1) is 24.9. The number of hydrogen-bond acceptors (Lipinski definition) is 3. The van der Waals surface area contributed by atoms with Gasteiger partial charge in [-0.3, -0.25) is 4.99 Å². The van der Waals surface area contributed by atoms with Crippen LogP contribution in [0.3, 0.4) is 0 Å². The molecule has 1 aliphatic heterocycles. The van der Waals surface area contributed by atoms with Crippen molar-refractivity contribution >= 4 is 29.9 Å². The Morgan fingerprint density at radius 3 is 2.48 bits per heavy atom. The summed E-state index contributed by atoms with van der Waals surface area (Å²) in [5.41, 5.74) is 0. The summed E-state index contributed by atoms with van der Waals surface area (Å²) in [5.74, 6) is 1.89. The van der Waals surface area contributed by atoms with Crippen LogP contribution in [0, 0.1) is 5.92 Å². The maximum Gasteiger partial charge on any atom is 0.193 e. The van der Waals surface area contributed by atoms with Crippen molar-refractivity contribution in [3.63, 3.8) is 0 Å². The van der Waals surface area contributed by atoms with Gasteiger partial charge in [0, 0.05) is 32.7 Å². The normalized spacial score (nSPS) is 18.1. The van der Waals surface area contributed by atoms with Crippen molar-refractivity contribution < 1.29 is 0 Å². The van der Waals surface area contributed by atoms with Crippen molar-refractivity contribution in [3.8, 4) is 0 Å². The second-order valence-corrected chi connectivity index (χ2v) is 6.98. The lowest BCUT2D eigenvalue weighted by Crippen LogP contribution is -2.41. The quantitative estimate of drug-likeness (QED) is 0.288. The zero-order valence-electron chi connectivity index (χ0n) is 17.3. The molecule has 0 aromatic heterocycles. The Balaban J connectivity index is 0.00000576. The number of hydrogen-bond donors (Lipinski definition) is 1. The molecule has 0 amide bonds. The van der Waals surface area contributed by atoms with E-state index in [2.05, 4.69) is 54.8 Å². The van der Waals surface area contributed by atoms with Crippen molar-refractivity contribution in [3.05, 3.63) is 0 Å². The predicted octanol–water partition coefficient (Wildman–Crippen LogP) is 2.97. The van der Waals surface area contributed by atoms with E-state index in [9.17, 15) is 0 Å². The molecule has 1 saturated heterocycles.